The highest BCUT2D eigenvalue weighted by Gasteiger charge is 2.08. The standard InChI is InChI=1S/C13H16FN3/c1-3-15-9-10-4-5-11(12(14)8-10)13-6-7-16-17(13)2/h4-8,15H,3,9H2,1-2H3. The molecule has 0 saturated heterocycles. The van der Waals surface area contributed by atoms with Crippen molar-refractivity contribution >= 4 is 0 Å². The van der Waals surface area contributed by atoms with Crippen LogP contribution in [0.15, 0.2) is 30.5 Å². The van der Waals surface area contributed by atoms with Gasteiger partial charge in [0.1, 0.15) is 5.82 Å². The Bertz CT molecular complexity index is 505. The molecule has 0 saturated carbocycles. The summed E-state index contributed by atoms with van der Waals surface area (Å²) in [4.78, 5) is 0. The van der Waals surface area contributed by atoms with E-state index in [4.69, 9.17) is 0 Å². The Morgan fingerprint density at radius 1 is 1.35 bits per heavy atom. The van der Waals surface area contributed by atoms with Crippen LogP contribution in [0.3, 0.4) is 0 Å². The summed E-state index contributed by atoms with van der Waals surface area (Å²) in [5.41, 5.74) is 2.33. The van der Waals surface area contributed by atoms with Crippen LogP contribution >= 0.6 is 0 Å². The Morgan fingerprint density at radius 2 is 2.18 bits per heavy atom. The quantitative estimate of drug-likeness (QED) is 0.878. The Kier molecular flexibility index (Phi) is 3.54. The van der Waals surface area contributed by atoms with Crippen LogP contribution in [0.4, 0.5) is 4.39 Å². The van der Waals surface area contributed by atoms with Gasteiger partial charge in [-0.3, -0.25) is 4.68 Å². The smallest absolute Gasteiger partial charge is 0.132 e. The predicted molar refractivity (Wildman–Crippen MR) is 66.0 cm³/mol. The van der Waals surface area contributed by atoms with E-state index < -0.39 is 0 Å². The largest absolute Gasteiger partial charge is 0.313 e. The first-order valence-electron chi connectivity index (χ1n) is 5.70. The van der Waals surface area contributed by atoms with E-state index >= 15 is 0 Å². The predicted octanol–water partition coefficient (Wildman–Crippen LogP) is 2.34. The first-order chi connectivity index (χ1) is 8.22. The molecule has 1 heterocycles. The van der Waals surface area contributed by atoms with Gasteiger partial charge in [-0.25, -0.2) is 4.39 Å². The van der Waals surface area contributed by atoms with E-state index in [1.165, 1.54) is 0 Å². The van der Waals surface area contributed by atoms with Crippen molar-refractivity contribution in [3.05, 3.63) is 41.8 Å². The molecule has 0 aliphatic heterocycles. The highest BCUT2D eigenvalue weighted by atomic mass is 19.1. The van der Waals surface area contributed by atoms with E-state index in [2.05, 4.69) is 10.4 Å². The Hall–Kier alpha value is -1.68. The van der Waals surface area contributed by atoms with Crippen LogP contribution in [-0.4, -0.2) is 16.3 Å². The normalized spacial score (nSPS) is 10.8. The monoisotopic (exact) mass is 233 g/mol. The summed E-state index contributed by atoms with van der Waals surface area (Å²) in [6, 6.07) is 7.13. The molecule has 0 aliphatic rings. The number of benzene rings is 1. The van der Waals surface area contributed by atoms with Gasteiger partial charge >= 0.3 is 0 Å². The van der Waals surface area contributed by atoms with E-state index in [1.54, 1.807) is 30.1 Å². The summed E-state index contributed by atoms with van der Waals surface area (Å²) in [7, 11) is 1.81. The Balaban J connectivity index is 2.29. The fourth-order valence-electron chi connectivity index (χ4n) is 1.78. The number of nitrogens with one attached hydrogen (secondary N) is 1. The van der Waals surface area contributed by atoms with Crippen molar-refractivity contribution in [3.8, 4) is 11.3 Å². The van der Waals surface area contributed by atoms with Crippen molar-refractivity contribution < 1.29 is 4.39 Å². The van der Waals surface area contributed by atoms with E-state index in [9.17, 15) is 4.39 Å². The second kappa shape index (κ2) is 5.10. The molecular formula is C13H16FN3. The van der Waals surface area contributed by atoms with Gasteiger partial charge in [0.15, 0.2) is 0 Å². The minimum Gasteiger partial charge on any atom is -0.313 e. The van der Waals surface area contributed by atoms with Gasteiger partial charge in [0.25, 0.3) is 0 Å². The van der Waals surface area contributed by atoms with Crippen molar-refractivity contribution in [2.45, 2.75) is 13.5 Å². The average molecular weight is 233 g/mol. The van der Waals surface area contributed by atoms with Gasteiger partial charge in [0.2, 0.25) is 0 Å². The molecule has 0 bridgehead atoms. The molecule has 2 rings (SSSR count). The fourth-order valence-corrected chi connectivity index (χ4v) is 1.78. The minimum atomic E-state index is -0.205. The zero-order valence-corrected chi connectivity index (χ0v) is 10.1. The number of hydrogen-bond donors (Lipinski definition) is 1. The topological polar surface area (TPSA) is 29.9 Å². The number of hydrogen-bond acceptors (Lipinski definition) is 2. The lowest BCUT2D eigenvalue weighted by molar-refractivity contribution is 0.622. The van der Waals surface area contributed by atoms with Crippen molar-refractivity contribution in [2.24, 2.45) is 7.05 Å². The van der Waals surface area contributed by atoms with Gasteiger partial charge in [-0.1, -0.05) is 13.0 Å². The SMILES string of the molecule is CCNCc1ccc(-c2ccnn2C)c(F)c1. The summed E-state index contributed by atoms with van der Waals surface area (Å²) in [6.07, 6.45) is 1.67. The van der Waals surface area contributed by atoms with E-state index in [0.717, 1.165) is 17.8 Å². The molecule has 0 fully saturated rings. The first-order valence-corrected chi connectivity index (χ1v) is 5.70. The molecule has 0 amide bonds. The number of aryl methyl sites for hydroxylation is 1. The molecule has 0 unspecified atom stereocenters. The van der Waals surface area contributed by atoms with E-state index in [-0.39, 0.29) is 5.82 Å². The molecule has 1 N–H and O–H groups in total. The highest BCUT2D eigenvalue weighted by molar-refractivity contribution is 5.60. The van der Waals surface area contributed by atoms with Crippen LogP contribution in [-0.2, 0) is 13.6 Å². The number of halogens is 1. The molecule has 3 nitrogen and oxygen atoms in total. The third-order valence-corrected chi connectivity index (χ3v) is 2.71. The van der Waals surface area contributed by atoms with Crippen LogP contribution in [0, 0.1) is 5.82 Å². The molecule has 2 aromatic rings. The van der Waals surface area contributed by atoms with Gasteiger partial charge in [0, 0.05) is 25.4 Å². The average Bonchev–Trinajstić information content (AvgIpc) is 2.73. The fraction of sp³-hybridized carbons (Fsp3) is 0.308. The lowest BCUT2D eigenvalue weighted by Gasteiger charge is -2.07. The van der Waals surface area contributed by atoms with Crippen LogP contribution in [0.25, 0.3) is 11.3 Å². The van der Waals surface area contributed by atoms with Gasteiger partial charge < -0.3 is 5.32 Å². The van der Waals surface area contributed by atoms with Crippen LogP contribution in [0.5, 0.6) is 0 Å². The maximum absolute atomic E-state index is 14.0. The van der Waals surface area contributed by atoms with Crippen molar-refractivity contribution in [2.75, 3.05) is 6.54 Å². The molecule has 90 valence electrons. The number of rotatable bonds is 4. The summed E-state index contributed by atoms with van der Waals surface area (Å²) in [5, 5.41) is 7.22. The van der Waals surface area contributed by atoms with Gasteiger partial charge in [-0.15, -0.1) is 0 Å². The molecule has 0 radical (unpaired) electrons. The summed E-state index contributed by atoms with van der Waals surface area (Å²) >= 11 is 0. The maximum atomic E-state index is 14.0. The minimum absolute atomic E-state index is 0.205. The summed E-state index contributed by atoms with van der Waals surface area (Å²) < 4.78 is 15.6. The van der Waals surface area contributed by atoms with Gasteiger partial charge in [-0.2, -0.15) is 5.10 Å². The lowest BCUT2D eigenvalue weighted by atomic mass is 10.1. The molecular weight excluding hydrogens is 217 g/mol. The van der Waals surface area contributed by atoms with Crippen molar-refractivity contribution in [3.63, 3.8) is 0 Å². The second-order valence-electron chi connectivity index (χ2n) is 3.93. The highest BCUT2D eigenvalue weighted by Crippen LogP contribution is 2.22. The number of aromatic nitrogens is 2. The second-order valence-corrected chi connectivity index (χ2v) is 3.93. The van der Waals surface area contributed by atoms with Gasteiger partial charge in [0.05, 0.1) is 5.69 Å². The third-order valence-electron chi connectivity index (χ3n) is 2.71. The Labute approximate surface area is 100 Å². The van der Waals surface area contributed by atoms with Crippen LogP contribution in [0.1, 0.15) is 12.5 Å². The third kappa shape index (κ3) is 2.53. The molecule has 4 heteroatoms. The molecule has 1 aromatic carbocycles. The zero-order valence-electron chi connectivity index (χ0n) is 10.1. The zero-order chi connectivity index (χ0) is 12.3. The Morgan fingerprint density at radius 3 is 2.76 bits per heavy atom. The summed E-state index contributed by atoms with van der Waals surface area (Å²) in [5.74, 6) is -0.205. The molecule has 0 spiro atoms. The van der Waals surface area contributed by atoms with Crippen LogP contribution in [0.2, 0.25) is 0 Å². The number of nitrogens with zero attached hydrogens (tertiary/aromatic N) is 2. The molecule has 1 aromatic heterocycles. The van der Waals surface area contributed by atoms with Gasteiger partial charge in [-0.05, 0) is 30.3 Å². The van der Waals surface area contributed by atoms with Crippen LogP contribution < -0.4 is 5.32 Å². The first kappa shape index (κ1) is 11.8. The maximum Gasteiger partial charge on any atom is 0.132 e. The van der Waals surface area contributed by atoms with E-state index in [0.29, 0.717) is 12.1 Å². The van der Waals surface area contributed by atoms with E-state index in [1.807, 2.05) is 19.1 Å². The molecule has 17 heavy (non-hydrogen) atoms. The van der Waals surface area contributed by atoms with Crippen molar-refractivity contribution in [1.82, 2.24) is 15.1 Å². The lowest BCUT2D eigenvalue weighted by Crippen LogP contribution is -2.11. The van der Waals surface area contributed by atoms with Crippen molar-refractivity contribution in [1.29, 1.82) is 0 Å². The summed E-state index contributed by atoms with van der Waals surface area (Å²) in [6.45, 7) is 3.60. The molecule has 0 aliphatic carbocycles. The molecule has 0 atom stereocenters.